The second kappa shape index (κ2) is 10.9. The molecule has 2 aromatic heterocycles. The van der Waals surface area contributed by atoms with Crippen molar-refractivity contribution >= 4 is 16.9 Å². The van der Waals surface area contributed by atoms with Gasteiger partial charge in [-0.2, -0.15) is 0 Å². The fourth-order valence-electron chi connectivity index (χ4n) is 6.02. The van der Waals surface area contributed by atoms with E-state index in [-0.39, 0.29) is 18.1 Å². The molecule has 0 radical (unpaired) electrons. The third-order valence-corrected chi connectivity index (χ3v) is 8.08. The van der Waals surface area contributed by atoms with Crippen LogP contribution in [0.5, 0.6) is 5.75 Å². The van der Waals surface area contributed by atoms with Crippen LogP contribution in [0.4, 0.5) is 4.79 Å². The van der Waals surface area contributed by atoms with Gasteiger partial charge in [0, 0.05) is 29.6 Å². The number of hydrogen-bond donors (Lipinski definition) is 3. The Morgan fingerprint density at radius 2 is 1.62 bits per heavy atom. The van der Waals surface area contributed by atoms with Crippen molar-refractivity contribution in [2.24, 2.45) is 0 Å². The number of urea groups is 1. The van der Waals surface area contributed by atoms with Gasteiger partial charge < -0.3 is 24.9 Å². The van der Waals surface area contributed by atoms with Crippen LogP contribution in [0, 0.1) is 0 Å². The number of rotatable bonds is 6. The largest absolute Gasteiger partial charge is 0.497 e. The van der Waals surface area contributed by atoms with E-state index in [2.05, 4.69) is 45.6 Å². The molecule has 208 valence electrons. The number of benzene rings is 4. The number of imidazole rings is 1. The van der Waals surface area contributed by atoms with E-state index in [0.717, 1.165) is 50.6 Å². The Labute approximate surface area is 244 Å². The van der Waals surface area contributed by atoms with Crippen LogP contribution >= 0.6 is 0 Å². The average Bonchev–Trinajstić information content (AvgIpc) is 3.69. The molecule has 0 saturated heterocycles. The zero-order valence-corrected chi connectivity index (χ0v) is 23.2. The van der Waals surface area contributed by atoms with E-state index in [1.807, 2.05) is 90.0 Å². The Balaban J connectivity index is 1.37. The lowest BCUT2D eigenvalue weighted by atomic mass is 9.88. The molecule has 7 heteroatoms. The number of hydrogen-bond acceptors (Lipinski definition) is 3. The number of carbonyl (C=O) groups is 1. The summed E-state index contributed by atoms with van der Waals surface area (Å²) in [5, 5.41) is 4.36. The molecule has 0 aliphatic carbocycles. The molecule has 4 aromatic carbocycles. The average molecular weight is 554 g/mol. The molecule has 2 amide bonds. The Kier molecular flexibility index (Phi) is 6.68. The van der Waals surface area contributed by atoms with Crippen LogP contribution in [-0.2, 0) is 13.0 Å². The number of carbonyl (C=O) groups excluding carboxylic acids is 1. The second-order valence-electron chi connectivity index (χ2n) is 10.6. The lowest BCUT2D eigenvalue weighted by Crippen LogP contribution is -2.48. The molecule has 3 N–H and O–H groups in total. The monoisotopic (exact) mass is 553 g/mol. The summed E-state index contributed by atoms with van der Waals surface area (Å²) in [4.78, 5) is 28.3. The van der Waals surface area contributed by atoms with Gasteiger partial charge in [0.25, 0.3) is 0 Å². The number of methoxy groups -OCH3 is 1. The van der Waals surface area contributed by atoms with Gasteiger partial charge in [-0.05, 0) is 40.5 Å². The summed E-state index contributed by atoms with van der Waals surface area (Å²) in [6.45, 7) is 0.422. The number of fused-ring (bicyclic) bond motifs is 3. The van der Waals surface area contributed by atoms with Gasteiger partial charge in [0.05, 0.1) is 31.1 Å². The third-order valence-electron chi connectivity index (χ3n) is 8.08. The molecular formula is C35H31N5O2. The topological polar surface area (TPSA) is 86.0 Å². The van der Waals surface area contributed by atoms with Gasteiger partial charge in [0.1, 0.15) is 11.6 Å². The molecule has 42 heavy (non-hydrogen) atoms. The van der Waals surface area contributed by atoms with Gasteiger partial charge in [-0.3, -0.25) is 0 Å². The highest BCUT2D eigenvalue weighted by Gasteiger charge is 2.42. The summed E-state index contributed by atoms with van der Waals surface area (Å²) in [6, 6.07) is 35.5. The maximum atomic E-state index is 14.3. The highest BCUT2D eigenvalue weighted by molar-refractivity contribution is 5.86. The summed E-state index contributed by atoms with van der Waals surface area (Å²) >= 11 is 0. The summed E-state index contributed by atoms with van der Waals surface area (Å²) in [5.41, 5.74) is 7.25. The highest BCUT2D eigenvalue weighted by atomic mass is 16.5. The zero-order chi connectivity index (χ0) is 28.5. The summed E-state index contributed by atoms with van der Waals surface area (Å²) < 4.78 is 5.46. The van der Waals surface area contributed by atoms with Crippen LogP contribution in [0.2, 0.25) is 0 Å². The summed E-state index contributed by atoms with van der Waals surface area (Å²) in [6.07, 6.45) is 2.48. The van der Waals surface area contributed by atoms with Crippen molar-refractivity contribution in [2.75, 3.05) is 7.11 Å². The predicted octanol–water partition coefficient (Wildman–Crippen LogP) is 7.17. The van der Waals surface area contributed by atoms with E-state index in [1.165, 1.54) is 5.56 Å². The first-order valence-electron chi connectivity index (χ1n) is 14.1. The van der Waals surface area contributed by atoms with Crippen molar-refractivity contribution in [3.63, 3.8) is 0 Å². The second-order valence-corrected chi connectivity index (χ2v) is 10.6. The van der Waals surface area contributed by atoms with Crippen LogP contribution < -0.4 is 10.1 Å². The molecule has 0 fully saturated rings. The summed E-state index contributed by atoms with van der Waals surface area (Å²) in [7, 11) is 1.66. The van der Waals surface area contributed by atoms with Gasteiger partial charge in [-0.25, -0.2) is 9.78 Å². The van der Waals surface area contributed by atoms with Crippen LogP contribution in [0.15, 0.2) is 115 Å². The van der Waals surface area contributed by atoms with Crippen molar-refractivity contribution in [3.8, 4) is 17.0 Å². The Hall–Kier alpha value is -5.30. The minimum atomic E-state index is -0.377. The molecule has 0 bridgehead atoms. The Morgan fingerprint density at radius 3 is 2.38 bits per heavy atom. The van der Waals surface area contributed by atoms with Crippen LogP contribution in [-0.4, -0.2) is 33.0 Å². The molecule has 6 aromatic rings. The zero-order valence-electron chi connectivity index (χ0n) is 23.2. The number of H-pyrrole nitrogens is 2. The van der Waals surface area contributed by atoms with Crippen LogP contribution in [0.25, 0.3) is 22.2 Å². The van der Waals surface area contributed by atoms with E-state index in [0.29, 0.717) is 13.0 Å². The number of amides is 2. The fraction of sp³-hybridized carbons (Fsp3) is 0.143. The minimum Gasteiger partial charge on any atom is -0.497 e. The molecule has 0 spiro atoms. The highest BCUT2D eigenvalue weighted by Crippen LogP contribution is 2.45. The van der Waals surface area contributed by atoms with Crippen molar-refractivity contribution in [3.05, 3.63) is 144 Å². The van der Waals surface area contributed by atoms with E-state index >= 15 is 0 Å². The van der Waals surface area contributed by atoms with Crippen LogP contribution in [0.1, 0.15) is 40.3 Å². The molecule has 7 nitrogen and oxygen atoms in total. The quantitative estimate of drug-likeness (QED) is 0.204. The molecule has 3 heterocycles. The molecule has 1 aliphatic rings. The number of ether oxygens (including phenoxy) is 1. The number of aromatic nitrogens is 3. The lowest BCUT2D eigenvalue weighted by Gasteiger charge is -2.41. The van der Waals surface area contributed by atoms with Gasteiger partial charge in [0.15, 0.2) is 0 Å². The van der Waals surface area contributed by atoms with E-state index in [4.69, 9.17) is 9.72 Å². The first-order valence-corrected chi connectivity index (χ1v) is 14.1. The minimum absolute atomic E-state index is 0.161. The van der Waals surface area contributed by atoms with Gasteiger partial charge in [0.2, 0.25) is 0 Å². The fourth-order valence-corrected chi connectivity index (χ4v) is 6.02. The van der Waals surface area contributed by atoms with Gasteiger partial charge in [-0.1, -0.05) is 91.0 Å². The molecule has 1 aliphatic heterocycles. The SMILES string of the molecule is COc1ccc(C2c3[nH]c4ccccc4c3C[C@@H](c3ncc(-c4ccccc4)[nH]3)N2C(=O)NCc2ccccc2)cc1. The molecule has 2 atom stereocenters. The predicted molar refractivity (Wildman–Crippen MR) is 164 cm³/mol. The van der Waals surface area contributed by atoms with Crippen molar-refractivity contribution in [1.82, 2.24) is 25.2 Å². The first kappa shape index (κ1) is 25.7. The number of nitrogens with one attached hydrogen (secondary N) is 3. The van der Waals surface area contributed by atoms with Gasteiger partial charge in [-0.15, -0.1) is 0 Å². The first-order chi connectivity index (χ1) is 20.7. The molecular weight excluding hydrogens is 522 g/mol. The molecule has 0 saturated carbocycles. The normalized spacial score (nSPS) is 16.3. The lowest BCUT2D eigenvalue weighted by molar-refractivity contribution is 0.141. The van der Waals surface area contributed by atoms with Crippen LogP contribution in [0.3, 0.4) is 0 Å². The maximum Gasteiger partial charge on any atom is 0.319 e. The molecule has 1 unspecified atom stereocenters. The van der Waals surface area contributed by atoms with E-state index < -0.39 is 0 Å². The smallest absolute Gasteiger partial charge is 0.319 e. The number of para-hydroxylation sites is 1. The Morgan fingerprint density at radius 1 is 0.905 bits per heavy atom. The maximum absolute atomic E-state index is 14.3. The molecule has 7 rings (SSSR count). The van der Waals surface area contributed by atoms with Crippen molar-refractivity contribution < 1.29 is 9.53 Å². The van der Waals surface area contributed by atoms with E-state index in [9.17, 15) is 4.79 Å². The van der Waals surface area contributed by atoms with Crippen molar-refractivity contribution in [1.29, 1.82) is 0 Å². The number of aromatic amines is 2. The number of nitrogens with zero attached hydrogens (tertiary/aromatic N) is 2. The van der Waals surface area contributed by atoms with E-state index in [1.54, 1.807) is 7.11 Å². The summed E-state index contributed by atoms with van der Waals surface area (Å²) in [5.74, 6) is 1.51. The van der Waals surface area contributed by atoms with Crippen molar-refractivity contribution in [2.45, 2.75) is 25.0 Å². The van der Waals surface area contributed by atoms with Gasteiger partial charge >= 0.3 is 6.03 Å². The third kappa shape index (κ3) is 4.69. The Bertz CT molecular complexity index is 1830. The standard InChI is InChI=1S/C35H31N5O2/c1-42-26-18-16-25(17-19-26)33-32-28(27-14-8-9-15-29(27)38-32)20-31(34-36-22-30(39-34)24-12-6-3-7-13-24)40(33)35(41)37-21-23-10-4-2-5-11-23/h2-19,22,31,33,38H,20-21H2,1H3,(H,36,39)(H,37,41)/t31-,33?/m0/s1.